The van der Waals surface area contributed by atoms with Gasteiger partial charge in [0, 0.05) is 16.3 Å². The molecule has 0 unspecified atom stereocenters. The van der Waals surface area contributed by atoms with Crippen LogP contribution in [0.1, 0.15) is 22.4 Å². The van der Waals surface area contributed by atoms with E-state index in [9.17, 15) is 4.79 Å². The minimum atomic E-state index is -0.0768. The SMILES string of the molecule is Cc1cc(C)c2c(CC(=O)Nc3nc(C)cs3)coc2c1. The number of carbonyl (C=O) groups is 1. The largest absolute Gasteiger partial charge is 0.464 e. The van der Waals surface area contributed by atoms with Crippen molar-refractivity contribution < 1.29 is 9.21 Å². The first-order valence-corrected chi connectivity index (χ1v) is 7.60. The maximum absolute atomic E-state index is 12.1. The van der Waals surface area contributed by atoms with Crippen molar-refractivity contribution in [1.29, 1.82) is 0 Å². The van der Waals surface area contributed by atoms with Crippen molar-refractivity contribution in [3.05, 3.63) is 46.2 Å². The normalized spacial score (nSPS) is 11.0. The number of nitrogens with zero attached hydrogens (tertiary/aromatic N) is 1. The summed E-state index contributed by atoms with van der Waals surface area (Å²) in [4.78, 5) is 16.4. The van der Waals surface area contributed by atoms with Crippen molar-refractivity contribution >= 4 is 33.3 Å². The standard InChI is InChI=1S/C16H16N2O2S/c1-9-4-10(2)15-12(7-20-13(15)5-9)6-14(19)18-16-17-11(3)8-21-16/h4-5,7-8H,6H2,1-3H3,(H,17,18,19). The molecule has 0 aliphatic carbocycles. The molecule has 2 aromatic heterocycles. The number of aromatic nitrogens is 1. The van der Waals surface area contributed by atoms with Crippen molar-refractivity contribution in [1.82, 2.24) is 4.98 Å². The Morgan fingerprint density at radius 2 is 2.14 bits per heavy atom. The maximum atomic E-state index is 12.1. The van der Waals surface area contributed by atoms with Crippen molar-refractivity contribution in [3.63, 3.8) is 0 Å². The van der Waals surface area contributed by atoms with Gasteiger partial charge in [-0.1, -0.05) is 6.07 Å². The number of benzene rings is 1. The topological polar surface area (TPSA) is 55.1 Å². The van der Waals surface area contributed by atoms with E-state index in [1.807, 2.05) is 32.2 Å². The molecule has 0 saturated carbocycles. The van der Waals surface area contributed by atoms with Gasteiger partial charge in [-0.15, -0.1) is 11.3 Å². The second kappa shape index (κ2) is 5.33. The van der Waals surface area contributed by atoms with Gasteiger partial charge in [0.1, 0.15) is 5.58 Å². The van der Waals surface area contributed by atoms with Crippen molar-refractivity contribution in [2.24, 2.45) is 0 Å². The summed E-state index contributed by atoms with van der Waals surface area (Å²) in [6.07, 6.45) is 1.96. The zero-order chi connectivity index (χ0) is 15.0. The van der Waals surface area contributed by atoms with Gasteiger partial charge in [-0.05, 0) is 38.0 Å². The van der Waals surface area contributed by atoms with E-state index in [2.05, 4.69) is 16.4 Å². The summed E-state index contributed by atoms with van der Waals surface area (Å²) in [7, 11) is 0. The highest BCUT2D eigenvalue weighted by Gasteiger charge is 2.13. The van der Waals surface area contributed by atoms with E-state index >= 15 is 0 Å². The second-order valence-corrected chi connectivity index (χ2v) is 6.09. The fraction of sp³-hybridized carbons (Fsp3) is 0.250. The molecule has 4 nitrogen and oxygen atoms in total. The number of carbonyl (C=O) groups excluding carboxylic acids is 1. The lowest BCUT2D eigenvalue weighted by Gasteiger charge is -2.03. The van der Waals surface area contributed by atoms with E-state index in [1.165, 1.54) is 11.3 Å². The Kier molecular flexibility index (Phi) is 3.51. The Balaban J connectivity index is 1.83. The van der Waals surface area contributed by atoms with Crippen LogP contribution >= 0.6 is 11.3 Å². The van der Waals surface area contributed by atoms with Gasteiger partial charge in [0.05, 0.1) is 18.4 Å². The van der Waals surface area contributed by atoms with Gasteiger partial charge in [-0.25, -0.2) is 4.98 Å². The number of hydrogen-bond donors (Lipinski definition) is 1. The molecule has 0 bridgehead atoms. The van der Waals surface area contributed by atoms with Crippen LogP contribution in [-0.4, -0.2) is 10.9 Å². The second-order valence-electron chi connectivity index (χ2n) is 5.23. The third-order valence-corrected chi connectivity index (χ3v) is 4.18. The van der Waals surface area contributed by atoms with Crippen LogP contribution in [0, 0.1) is 20.8 Å². The first kappa shape index (κ1) is 13.8. The molecule has 2 heterocycles. The van der Waals surface area contributed by atoms with Crippen LogP contribution < -0.4 is 5.32 Å². The molecule has 5 heteroatoms. The van der Waals surface area contributed by atoms with E-state index in [4.69, 9.17) is 4.42 Å². The predicted octanol–water partition coefficient (Wildman–Crippen LogP) is 4.00. The average molecular weight is 300 g/mol. The smallest absolute Gasteiger partial charge is 0.230 e. The Hall–Kier alpha value is -2.14. The van der Waals surface area contributed by atoms with Gasteiger partial charge in [-0.2, -0.15) is 0 Å². The number of amides is 1. The Morgan fingerprint density at radius 1 is 1.33 bits per heavy atom. The highest BCUT2D eigenvalue weighted by atomic mass is 32.1. The molecule has 3 aromatic rings. The van der Waals surface area contributed by atoms with E-state index in [0.717, 1.165) is 33.4 Å². The maximum Gasteiger partial charge on any atom is 0.230 e. The summed E-state index contributed by atoms with van der Waals surface area (Å²) in [6.45, 7) is 5.98. The molecular formula is C16H16N2O2S. The number of rotatable bonds is 3. The lowest BCUT2D eigenvalue weighted by Crippen LogP contribution is -2.14. The van der Waals surface area contributed by atoms with Gasteiger partial charge in [0.15, 0.2) is 5.13 Å². The molecule has 21 heavy (non-hydrogen) atoms. The molecule has 1 aromatic carbocycles. The summed E-state index contributed by atoms with van der Waals surface area (Å²) in [5.41, 5.74) is 4.94. The number of hydrogen-bond acceptors (Lipinski definition) is 4. The van der Waals surface area contributed by atoms with Crippen LogP contribution in [0.5, 0.6) is 0 Å². The number of fused-ring (bicyclic) bond motifs is 1. The lowest BCUT2D eigenvalue weighted by molar-refractivity contribution is -0.115. The van der Waals surface area contributed by atoms with Gasteiger partial charge in [0.2, 0.25) is 5.91 Å². The monoisotopic (exact) mass is 300 g/mol. The highest BCUT2D eigenvalue weighted by molar-refractivity contribution is 7.13. The zero-order valence-corrected chi connectivity index (χ0v) is 13.0. The summed E-state index contributed by atoms with van der Waals surface area (Å²) in [5, 5.41) is 6.41. The minimum Gasteiger partial charge on any atom is -0.464 e. The molecule has 1 amide bonds. The van der Waals surface area contributed by atoms with Gasteiger partial charge in [0.25, 0.3) is 0 Å². The van der Waals surface area contributed by atoms with Crippen LogP contribution in [0.4, 0.5) is 5.13 Å². The predicted molar refractivity (Wildman–Crippen MR) is 84.9 cm³/mol. The van der Waals surface area contributed by atoms with Crippen LogP contribution in [0.3, 0.4) is 0 Å². The third kappa shape index (κ3) is 2.83. The molecule has 108 valence electrons. The number of nitrogens with one attached hydrogen (secondary N) is 1. The van der Waals surface area contributed by atoms with E-state index in [1.54, 1.807) is 6.26 Å². The van der Waals surface area contributed by atoms with E-state index in [-0.39, 0.29) is 12.3 Å². The fourth-order valence-corrected chi connectivity index (χ4v) is 3.21. The van der Waals surface area contributed by atoms with Crippen molar-refractivity contribution in [2.45, 2.75) is 27.2 Å². The number of furan rings is 1. The molecular weight excluding hydrogens is 284 g/mol. The minimum absolute atomic E-state index is 0.0768. The fourth-order valence-electron chi connectivity index (χ4n) is 2.50. The summed E-state index contributed by atoms with van der Waals surface area (Å²) < 4.78 is 5.57. The van der Waals surface area contributed by atoms with Gasteiger partial charge < -0.3 is 9.73 Å². The zero-order valence-electron chi connectivity index (χ0n) is 12.2. The number of thiazole rings is 1. The van der Waals surface area contributed by atoms with Crippen LogP contribution in [-0.2, 0) is 11.2 Å². The highest BCUT2D eigenvalue weighted by Crippen LogP contribution is 2.27. The van der Waals surface area contributed by atoms with Crippen LogP contribution in [0.2, 0.25) is 0 Å². The molecule has 0 saturated heterocycles. The molecule has 0 atom stereocenters. The van der Waals surface area contributed by atoms with E-state index in [0.29, 0.717) is 5.13 Å². The first-order chi connectivity index (χ1) is 10.0. The summed E-state index contributed by atoms with van der Waals surface area (Å²) in [6, 6.07) is 4.09. The Morgan fingerprint density at radius 3 is 2.86 bits per heavy atom. The quantitative estimate of drug-likeness (QED) is 0.795. The molecule has 0 radical (unpaired) electrons. The molecule has 0 aliphatic heterocycles. The molecule has 0 spiro atoms. The molecule has 0 fully saturated rings. The van der Waals surface area contributed by atoms with Crippen molar-refractivity contribution in [2.75, 3.05) is 5.32 Å². The molecule has 3 rings (SSSR count). The molecule has 0 aliphatic rings. The van der Waals surface area contributed by atoms with Crippen molar-refractivity contribution in [3.8, 4) is 0 Å². The van der Waals surface area contributed by atoms with Gasteiger partial charge >= 0.3 is 0 Å². The Labute approximate surface area is 126 Å². The molecule has 1 N–H and O–H groups in total. The summed E-state index contributed by atoms with van der Waals surface area (Å²) >= 11 is 1.43. The third-order valence-electron chi connectivity index (χ3n) is 3.31. The Bertz CT molecular complexity index is 817. The summed E-state index contributed by atoms with van der Waals surface area (Å²) in [5.74, 6) is -0.0768. The van der Waals surface area contributed by atoms with E-state index < -0.39 is 0 Å². The number of anilines is 1. The van der Waals surface area contributed by atoms with Crippen LogP contribution in [0.15, 0.2) is 28.2 Å². The lowest BCUT2D eigenvalue weighted by atomic mass is 10.0. The van der Waals surface area contributed by atoms with Crippen LogP contribution in [0.25, 0.3) is 11.0 Å². The van der Waals surface area contributed by atoms with Gasteiger partial charge in [-0.3, -0.25) is 4.79 Å². The number of aryl methyl sites for hydroxylation is 3. The first-order valence-electron chi connectivity index (χ1n) is 6.72. The average Bonchev–Trinajstić information content (AvgIpc) is 2.96.